The van der Waals surface area contributed by atoms with Crippen LogP contribution in [-0.2, 0) is 4.74 Å². The number of hydrogen-bond acceptors (Lipinski definition) is 4. The van der Waals surface area contributed by atoms with E-state index in [0.29, 0.717) is 5.17 Å². The fraction of sp³-hybridized carbons (Fsp3) is 0.125. The van der Waals surface area contributed by atoms with E-state index < -0.39 is 5.17 Å². The van der Waals surface area contributed by atoms with E-state index >= 15 is 0 Å². The number of aromatic nitrogens is 1. The van der Waals surface area contributed by atoms with Crippen molar-refractivity contribution in [1.29, 1.82) is 0 Å². The van der Waals surface area contributed by atoms with Crippen molar-refractivity contribution in [1.82, 2.24) is 4.98 Å². The highest BCUT2D eigenvalue weighted by Gasteiger charge is 1.92. The van der Waals surface area contributed by atoms with Crippen LogP contribution in [0.25, 0.3) is 0 Å². The van der Waals surface area contributed by atoms with Gasteiger partial charge in [0, 0.05) is 18.1 Å². The number of rotatable bonds is 1. The smallest absolute Gasteiger partial charge is 0.260 e. The highest BCUT2D eigenvalue weighted by Crippen LogP contribution is 2.02. The van der Waals surface area contributed by atoms with E-state index in [1.807, 2.05) is 12.1 Å². The van der Waals surface area contributed by atoms with Crippen molar-refractivity contribution >= 4 is 40.5 Å². The minimum Gasteiger partial charge on any atom is -0.487 e. The van der Waals surface area contributed by atoms with Gasteiger partial charge in [0.1, 0.15) is 0 Å². The molecule has 4 N–H and O–H groups in total. The number of pyridine rings is 1. The Balaban J connectivity index is 0.000000423. The van der Waals surface area contributed by atoms with Crippen LogP contribution in [0.1, 0.15) is 0 Å². The zero-order valence-electron chi connectivity index (χ0n) is 8.01. The molecule has 0 bridgehead atoms. The molecule has 1 aromatic heterocycles. The van der Waals surface area contributed by atoms with Gasteiger partial charge < -0.3 is 20.9 Å². The van der Waals surface area contributed by atoms with Crippen LogP contribution in [0.4, 0.5) is 5.69 Å². The Morgan fingerprint density at radius 1 is 1.47 bits per heavy atom. The lowest BCUT2D eigenvalue weighted by Crippen LogP contribution is -2.10. The standard InChI is InChI=1S/C7H8N2OS.CH3NOS/c1-10-7(11)9-6-2-4-8-5-3-6;2-1(3)4/h2-5H,1H3,(H,8,9,11);(H3,2,3,4). The summed E-state index contributed by atoms with van der Waals surface area (Å²) >= 11 is 8.65. The van der Waals surface area contributed by atoms with Gasteiger partial charge in [-0.3, -0.25) is 4.98 Å². The van der Waals surface area contributed by atoms with Crippen LogP contribution in [0.2, 0.25) is 0 Å². The number of anilines is 1. The predicted molar refractivity (Wildman–Crippen MR) is 66.9 cm³/mol. The Morgan fingerprint density at radius 3 is 2.33 bits per heavy atom. The molecule has 82 valence electrons. The summed E-state index contributed by atoms with van der Waals surface area (Å²) in [7, 11) is 1.52. The average molecular weight is 245 g/mol. The van der Waals surface area contributed by atoms with Crippen LogP contribution in [0.3, 0.4) is 0 Å². The molecule has 1 heterocycles. The van der Waals surface area contributed by atoms with Crippen molar-refractivity contribution in [2.45, 2.75) is 0 Å². The number of nitrogens with two attached hydrogens (primary N) is 1. The number of thiocarbonyl (C=S) groups is 2. The van der Waals surface area contributed by atoms with Gasteiger partial charge in [-0.2, -0.15) is 0 Å². The van der Waals surface area contributed by atoms with Crippen molar-refractivity contribution in [3.05, 3.63) is 24.5 Å². The minimum absolute atomic E-state index is 0.358. The van der Waals surface area contributed by atoms with Gasteiger partial charge in [0.05, 0.1) is 7.11 Å². The number of aliphatic hydroxyl groups is 1. The van der Waals surface area contributed by atoms with E-state index in [1.54, 1.807) is 12.4 Å². The third-order valence-electron chi connectivity index (χ3n) is 1.11. The Hall–Kier alpha value is -1.47. The maximum Gasteiger partial charge on any atom is 0.260 e. The van der Waals surface area contributed by atoms with Crippen LogP contribution in [0.15, 0.2) is 24.5 Å². The van der Waals surface area contributed by atoms with Gasteiger partial charge in [-0.15, -0.1) is 0 Å². The van der Waals surface area contributed by atoms with Crippen LogP contribution < -0.4 is 11.1 Å². The third kappa shape index (κ3) is 8.85. The number of aliphatic hydroxyl groups excluding tert-OH is 1. The molecule has 0 fully saturated rings. The van der Waals surface area contributed by atoms with Gasteiger partial charge in [-0.1, -0.05) is 0 Å². The summed E-state index contributed by atoms with van der Waals surface area (Å²) in [5.41, 5.74) is 5.28. The van der Waals surface area contributed by atoms with Gasteiger partial charge in [0.2, 0.25) is 0 Å². The van der Waals surface area contributed by atoms with E-state index in [4.69, 9.17) is 22.1 Å². The number of hydrogen-bond donors (Lipinski definition) is 3. The van der Waals surface area contributed by atoms with Crippen molar-refractivity contribution in [2.75, 3.05) is 12.4 Å². The summed E-state index contributed by atoms with van der Waals surface area (Å²) in [6.45, 7) is 0. The van der Waals surface area contributed by atoms with Gasteiger partial charge in [-0.25, -0.2) is 0 Å². The fourth-order valence-electron chi connectivity index (χ4n) is 0.604. The largest absolute Gasteiger partial charge is 0.487 e. The first kappa shape index (κ1) is 13.5. The van der Waals surface area contributed by atoms with Crippen molar-refractivity contribution in [2.24, 2.45) is 5.73 Å². The molecule has 1 aromatic rings. The van der Waals surface area contributed by atoms with Crippen molar-refractivity contribution in [3.8, 4) is 0 Å². The zero-order chi connectivity index (χ0) is 11.7. The second-order valence-electron chi connectivity index (χ2n) is 2.19. The summed E-state index contributed by atoms with van der Waals surface area (Å²) in [6.07, 6.45) is 3.36. The lowest BCUT2D eigenvalue weighted by Gasteiger charge is -2.04. The van der Waals surface area contributed by atoms with Crippen LogP contribution >= 0.6 is 24.4 Å². The summed E-state index contributed by atoms with van der Waals surface area (Å²) in [5, 5.41) is 10.3. The number of nitrogens with one attached hydrogen (secondary N) is 1. The molecule has 0 atom stereocenters. The predicted octanol–water partition coefficient (Wildman–Crippen LogP) is 1.21. The first-order chi connectivity index (χ1) is 7.06. The van der Waals surface area contributed by atoms with Gasteiger partial charge in [-0.05, 0) is 36.6 Å². The average Bonchev–Trinajstić information content (AvgIpc) is 2.18. The minimum atomic E-state index is -0.500. The summed E-state index contributed by atoms with van der Waals surface area (Å²) in [5.74, 6) is 0. The maximum atomic E-state index is 7.56. The van der Waals surface area contributed by atoms with Crippen LogP contribution in [0, 0.1) is 0 Å². The monoisotopic (exact) mass is 245 g/mol. The molecule has 7 heteroatoms. The van der Waals surface area contributed by atoms with Crippen LogP contribution in [-0.4, -0.2) is 27.5 Å². The molecule has 5 nitrogen and oxygen atoms in total. The molecule has 0 radical (unpaired) electrons. The first-order valence-electron chi connectivity index (χ1n) is 3.79. The number of methoxy groups -OCH3 is 1. The molecule has 0 unspecified atom stereocenters. The maximum absolute atomic E-state index is 7.56. The summed E-state index contributed by atoms with van der Waals surface area (Å²) in [4.78, 5) is 3.85. The normalized spacial score (nSPS) is 8.07. The molecular formula is C8H11N3O2S2. The van der Waals surface area contributed by atoms with E-state index in [0.717, 1.165) is 5.69 Å². The lowest BCUT2D eigenvalue weighted by atomic mass is 10.4. The Morgan fingerprint density at radius 2 is 1.93 bits per heavy atom. The fourth-order valence-corrected chi connectivity index (χ4v) is 0.722. The Labute approximate surface area is 98.3 Å². The first-order valence-corrected chi connectivity index (χ1v) is 4.61. The van der Waals surface area contributed by atoms with Crippen LogP contribution in [0.5, 0.6) is 0 Å². The Kier molecular flexibility index (Phi) is 7.12. The van der Waals surface area contributed by atoms with Gasteiger partial charge in [0.15, 0.2) is 0 Å². The second-order valence-corrected chi connectivity index (χ2v) is 2.98. The summed E-state index contributed by atoms with van der Waals surface area (Å²) in [6, 6.07) is 3.62. The highest BCUT2D eigenvalue weighted by atomic mass is 32.1. The molecule has 0 aliphatic carbocycles. The Bertz CT molecular complexity index is 315. The molecular weight excluding hydrogens is 234 g/mol. The summed E-state index contributed by atoms with van der Waals surface area (Å²) < 4.78 is 4.75. The molecule has 0 saturated carbocycles. The molecule has 0 amide bonds. The second kappa shape index (κ2) is 7.89. The molecule has 0 spiro atoms. The van der Waals surface area contributed by atoms with E-state index in [9.17, 15) is 0 Å². The quantitative estimate of drug-likeness (QED) is 0.642. The SMILES string of the molecule is COC(=S)Nc1ccncc1.NC(O)=S. The molecule has 0 saturated heterocycles. The molecule has 1 rings (SSSR count). The molecule has 0 aliphatic rings. The third-order valence-corrected chi connectivity index (χ3v) is 1.38. The number of ether oxygens (including phenoxy) is 1. The molecule has 0 aliphatic heterocycles. The number of nitrogens with zero attached hydrogens (tertiary/aromatic N) is 1. The topological polar surface area (TPSA) is 80.4 Å². The molecule has 0 aromatic carbocycles. The van der Waals surface area contributed by atoms with Gasteiger partial charge in [0.25, 0.3) is 10.3 Å². The zero-order valence-corrected chi connectivity index (χ0v) is 9.64. The van der Waals surface area contributed by atoms with Crippen molar-refractivity contribution in [3.63, 3.8) is 0 Å². The molecule has 15 heavy (non-hydrogen) atoms. The van der Waals surface area contributed by atoms with E-state index in [-0.39, 0.29) is 0 Å². The van der Waals surface area contributed by atoms with Gasteiger partial charge >= 0.3 is 0 Å². The lowest BCUT2D eigenvalue weighted by molar-refractivity contribution is 0.413. The van der Waals surface area contributed by atoms with Crippen molar-refractivity contribution < 1.29 is 9.84 Å². The highest BCUT2D eigenvalue weighted by molar-refractivity contribution is 7.80. The van der Waals surface area contributed by atoms with E-state index in [1.165, 1.54) is 7.11 Å². The van der Waals surface area contributed by atoms with E-state index in [2.05, 4.69) is 28.3 Å².